The lowest BCUT2D eigenvalue weighted by Gasteiger charge is -2.15. The van der Waals surface area contributed by atoms with Crippen LogP contribution >= 0.6 is 0 Å². The van der Waals surface area contributed by atoms with Crippen LogP contribution in [0.2, 0.25) is 0 Å². The quantitative estimate of drug-likeness (QED) is 0.627. The summed E-state index contributed by atoms with van der Waals surface area (Å²) in [6.45, 7) is 4.16. The van der Waals surface area contributed by atoms with Gasteiger partial charge in [-0.3, -0.25) is 0 Å². The zero-order chi connectivity index (χ0) is 12.8. The number of fused-ring (bicyclic) bond motifs is 1. The van der Waals surface area contributed by atoms with E-state index in [-0.39, 0.29) is 0 Å². The highest BCUT2D eigenvalue weighted by molar-refractivity contribution is 5.80. The molecule has 0 nitrogen and oxygen atoms in total. The predicted molar refractivity (Wildman–Crippen MR) is 80.5 cm³/mol. The molecule has 0 bridgehead atoms. The summed E-state index contributed by atoms with van der Waals surface area (Å²) >= 11 is 0. The Morgan fingerprint density at radius 3 is 2.39 bits per heavy atom. The maximum atomic E-state index is 2.27. The van der Waals surface area contributed by atoms with E-state index in [1.807, 2.05) is 0 Å². The molecule has 0 radical (unpaired) electrons. The van der Waals surface area contributed by atoms with Gasteiger partial charge in [0.2, 0.25) is 0 Å². The average molecular weight is 236 g/mol. The van der Waals surface area contributed by atoms with Gasteiger partial charge in [0.1, 0.15) is 0 Å². The molecule has 2 rings (SSSR count). The van der Waals surface area contributed by atoms with Crippen LogP contribution < -0.4 is 0 Å². The van der Waals surface area contributed by atoms with Gasteiger partial charge in [-0.25, -0.2) is 0 Å². The number of benzene rings is 1. The second kappa shape index (κ2) is 6.20. The standard InChI is InChI=1S/C18H20/c1-3-9-15-11-5-6-12-16-13-7-8-14-18(16)17(15)10-4-2/h3-10,13-14H,11-12H2,1-2H3/b6-5-,9-3?,10-4-,17-15-. The molecular formula is C18H20. The first kappa shape index (κ1) is 12.6. The van der Waals surface area contributed by atoms with Crippen molar-refractivity contribution in [2.45, 2.75) is 26.7 Å². The third kappa shape index (κ3) is 2.70. The predicted octanol–water partition coefficient (Wildman–Crippen LogP) is 5.09. The molecule has 0 atom stereocenters. The molecule has 0 fully saturated rings. The lowest BCUT2D eigenvalue weighted by Crippen LogP contribution is -1.96. The number of allylic oxidation sites excluding steroid dienone is 8. The first-order valence-corrected chi connectivity index (χ1v) is 6.58. The van der Waals surface area contributed by atoms with E-state index in [2.05, 4.69) is 74.6 Å². The van der Waals surface area contributed by atoms with Crippen LogP contribution in [0.3, 0.4) is 0 Å². The second-order valence-electron chi connectivity index (χ2n) is 4.48. The van der Waals surface area contributed by atoms with E-state index in [0.29, 0.717) is 0 Å². The summed E-state index contributed by atoms with van der Waals surface area (Å²) in [6, 6.07) is 8.70. The van der Waals surface area contributed by atoms with Crippen LogP contribution in [0.4, 0.5) is 0 Å². The van der Waals surface area contributed by atoms with E-state index in [1.54, 1.807) is 0 Å². The van der Waals surface area contributed by atoms with E-state index in [9.17, 15) is 0 Å². The first-order chi connectivity index (χ1) is 8.86. The lowest BCUT2D eigenvalue weighted by atomic mass is 9.90. The van der Waals surface area contributed by atoms with Crippen molar-refractivity contribution in [1.29, 1.82) is 0 Å². The fraction of sp³-hybridized carbons (Fsp3) is 0.222. The van der Waals surface area contributed by atoms with Gasteiger partial charge in [0.15, 0.2) is 0 Å². The van der Waals surface area contributed by atoms with Crippen molar-refractivity contribution in [2.75, 3.05) is 0 Å². The van der Waals surface area contributed by atoms with Crippen molar-refractivity contribution in [3.8, 4) is 0 Å². The Morgan fingerprint density at radius 2 is 1.61 bits per heavy atom. The van der Waals surface area contributed by atoms with Crippen molar-refractivity contribution < 1.29 is 0 Å². The van der Waals surface area contributed by atoms with Gasteiger partial charge in [-0.1, -0.05) is 60.7 Å². The van der Waals surface area contributed by atoms with Gasteiger partial charge in [0.05, 0.1) is 0 Å². The minimum atomic E-state index is 1.01. The van der Waals surface area contributed by atoms with Gasteiger partial charge in [0.25, 0.3) is 0 Å². The zero-order valence-corrected chi connectivity index (χ0v) is 11.2. The molecule has 0 heterocycles. The minimum Gasteiger partial charge on any atom is -0.0874 e. The molecule has 0 unspecified atom stereocenters. The molecule has 0 saturated carbocycles. The zero-order valence-electron chi connectivity index (χ0n) is 11.2. The van der Waals surface area contributed by atoms with Crippen LogP contribution in [0.25, 0.3) is 5.57 Å². The molecule has 0 heteroatoms. The fourth-order valence-electron chi connectivity index (χ4n) is 2.39. The molecule has 1 aromatic carbocycles. The van der Waals surface area contributed by atoms with Crippen molar-refractivity contribution >= 4 is 5.57 Å². The monoisotopic (exact) mass is 236 g/mol. The summed E-state index contributed by atoms with van der Waals surface area (Å²) in [5.74, 6) is 0. The van der Waals surface area contributed by atoms with E-state index in [4.69, 9.17) is 0 Å². The van der Waals surface area contributed by atoms with Crippen molar-refractivity contribution in [2.24, 2.45) is 0 Å². The Bertz CT molecular complexity index is 525. The van der Waals surface area contributed by atoms with Crippen molar-refractivity contribution in [1.82, 2.24) is 0 Å². The molecule has 0 aromatic heterocycles. The Balaban J connectivity index is 2.65. The van der Waals surface area contributed by atoms with Gasteiger partial charge < -0.3 is 0 Å². The highest BCUT2D eigenvalue weighted by atomic mass is 14.1. The van der Waals surface area contributed by atoms with Crippen LogP contribution in [0.1, 0.15) is 31.4 Å². The summed E-state index contributed by atoms with van der Waals surface area (Å²) in [5.41, 5.74) is 5.52. The fourth-order valence-corrected chi connectivity index (χ4v) is 2.39. The summed E-state index contributed by atoms with van der Waals surface area (Å²) in [4.78, 5) is 0. The summed E-state index contributed by atoms with van der Waals surface area (Å²) in [5, 5.41) is 0. The smallest absolute Gasteiger partial charge is 0.00912 e. The van der Waals surface area contributed by atoms with Crippen LogP contribution in [0, 0.1) is 0 Å². The summed E-state index contributed by atoms with van der Waals surface area (Å²) in [7, 11) is 0. The molecule has 1 aliphatic carbocycles. The molecular weight excluding hydrogens is 216 g/mol. The molecule has 0 saturated heterocycles. The second-order valence-corrected chi connectivity index (χ2v) is 4.48. The van der Waals surface area contributed by atoms with Crippen LogP contribution in [-0.2, 0) is 6.42 Å². The molecule has 0 amide bonds. The highest BCUT2D eigenvalue weighted by Crippen LogP contribution is 2.29. The Labute approximate surface area is 110 Å². The van der Waals surface area contributed by atoms with Gasteiger partial charge >= 0.3 is 0 Å². The van der Waals surface area contributed by atoms with Gasteiger partial charge in [0, 0.05) is 0 Å². The van der Waals surface area contributed by atoms with Crippen molar-refractivity contribution in [3.05, 3.63) is 77.4 Å². The molecule has 92 valence electrons. The Kier molecular flexibility index (Phi) is 4.35. The first-order valence-electron chi connectivity index (χ1n) is 6.58. The topological polar surface area (TPSA) is 0 Å². The summed E-state index contributed by atoms with van der Waals surface area (Å²) < 4.78 is 0. The summed E-state index contributed by atoms with van der Waals surface area (Å²) in [6.07, 6.45) is 15.3. The van der Waals surface area contributed by atoms with Crippen molar-refractivity contribution in [3.63, 3.8) is 0 Å². The van der Waals surface area contributed by atoms with Gasteiger partial charge in [-0.15, -0.1) is 0 Å². The number of hydrogen-bond donors (Lipinski definition) is 0. The number of hydrogen-bond acceptors (Lipinski definition) is 0. The van der Waals surface area contributed by atoms with Gasteiger partial charge in [-0.05, 0) is 49.0 Å². The molecule has 1 aliphatic rings. The molecule has 0 spiro atoms. The van der Waals surface area contributed by atoms with E-state index < -0.39 is 0 Å². The minimum absolute atomic E-state index is 1.01. The van der Waals surface area contributed by atoms with E-state index in [1.165, 1.54) is 22.3 Å². The molecule has 0 aliphatic heterocycles. The van der Waals surface area contributed by atoms with Crippen LogP contribution in [-0.4, -0.2) is 0 Å². The van der Waals surface area contributed by atoms with Crippen LogP contribution in [0.15, 0.2) is 66.3 Å². The largest absolute Gasteiger partial charge is 0.0874 e. The third-order valence-electron chi connectivity index (χ3n) is 3.20. The Hall–Kier alpha value is -1.82. The lowest BCUT2D eigenvalue weighted by molar-refractivity contribution is 1.18. The highest BCUT2D eigenvalue weighted by Gasteiger charge is 2.09. The molecule has 0 N–H and O–H groups in total. The maximum Gasteiger partial charge on any atom is -0.00912 e. The SMILES string of the molecule is CC=C/C1=C(\C=C/C)c2ccccc2C/C=C\C1. The Morgan fingerprint density at radius 1 is 0.889 bits per heavy atom. The maximum absolute atomic E-state index is 2.27. The average Bonchev–Trinajstić information content (AvgIpc) is 2.38. The van der Waals surface area contributed by atoms with Gasteiger partial charge in [-0.2, -0.15) is 0 Å². The molecule has 1 aromatic rings. The van der Waals surface area contributed by atoms with E-state index >= 15 is 0 Å². The van der Waals surface area contributed by atoms with Crippen LogP contribution in [0.5, 0.6) is 0 Å². The molecule has 18 heavy (non-hydrogen) atoms. The number of rotatable bonds is 2. The normalized spacial score (nSPS) is 21.9. The third-order valence-corrected chi connectivity index (χ3v) is 3.20. The van der Waals surface area contributed by atoms with E-state index in [0.717, 1.165) is 12.8 Å².